The fourth-order valence-electron chi connectivity index (χ4n) is 2.60. The average Bonchev–Trinajstić information content (AvgIpc) is 2.76. The fourth-order valence-corrected chi connectivity index (χ4v) is 2.60. The van der Waals surface area contributed by atoms with Crippen LogP contribution in [0.5, 0.6) is 11.5 Å². The highest BCUT2D eigenvalue weighted by Gasteiger charge is 2.22. The number of carboxylic acids is 1. The Hall–Kier alpha value is -4.07. The lowest BCUT2D eigenvalue weighted by Crippen LogP contribution is -2.41. The first-order valence-electron chi connectivity index (χ1n) is 9.13. The second kappa shape index (κ2) is 9.92. The second-order valence-corrected chi connectivity index (χ2v) is 6.34. The number of hydrogen-bond donors (Lipinski definition) is 2. The Morgan fingerprint density at radius 1 is 0.900 bits per heavy atom. The van der Waals surface area contributed by atoms with Crippen LogP contribution in [-0.4, -0.2) is 23.5 Å². The van der Waals surface area contributed by atoms with Gasteiger partial charge in [-0.1, -0.05) is 60.7 Å². The number of aliphatic carboxylic acids is 1. The van der Waals surface area contributed by atoms with Crippen molar-refractivity contribution in [3.8, 4) is 11.5 Å². The van der Waals surface area contributed by atoms with E-state index in [2.05, 4.69) is 5.32 Å². The molecule has 2 N–H and O–H groups in total. The van der Waals surface area contributed by atoms with Crippen LogP contribution in [0.4, 0.5) is 0 Å². The number of pyridine rings is 1. The van der Waals surface area contributed by atoms with E-state index < -0.39 is 18.4 Å². The molecular weight excluding hydrogens is 388 g/mol. The number of benzene rings is 2. The molecule has 154 valence electrons. The lowest BCUT2D eigenvalue weighted by atomic mass is 10.2. The zero-order valence-corrected chi connectivity index (χ0v) is 16.0. The molecule has 2 aromatic carbocycles. The zero-order valence-electron chi connectivity index (χ0n) is 16.0. The van der Waals surface area contributed by atoms with Gasteiger partial charge in [0.1, 0.15) is 19.8 Å². The van der Waals surface area contributed by atoms with E-state index in [-0.39, 0.29) is 30.4 Å². The van der Waals surface area contributed by atoms with Crippen molar-refractivity contribution in [2.75, 3.05) is 6.54 Å². The number of nitrogens with one attached hydrogen (secondary N) is 1. The number of nitrogens with zero attached hydrogens (tertiary/aromatic N) is 1. The molecule has 0 saturated carbocycles. The summed E-state index contributed by atoms with van der Waals surface area (Å²) in [5.41, 5.74) is 1.49. The number of hydrogen-bond acceptors (Lipinski definition) is 5. The topological polar surface area (TPSA) is 112 Å². The zero-order chi connectivity index (χ0) is 21.3. The summed E-state index contributed by atoms with van der Waals surface area (Å²) in [5, 5.41) is 23.2. The van der Waals surface area contributed by atoms with Crippen molar-refractivity contribution in [3.63, 3.8) is 0 Å². The minimum absolute atomic E-state index is 0.166. The quantitative estimate of drug-likeness (QED) is 0.415. The van der Waals surface area contributed by atoms with E-state index in [0.29, 0.717) is 4.73 Å². The molecule has 0 bridgehead atoms. The Bertz CT molecular complexity index is 1010. The van der Waals surface area contributed by atoms with Gasteiger partial charge in [0.2, 0.25) is 11.9 Å². The molecule has 0 atom stereocenters. The minimum atomic E-state index is -1.22. The highest BCUT2D eigenvalue weighted by Crippen LogP contribution is 2.28. The van der Waals surface area contributed by atoms with Crippen molar-refractivity contribution < 1.29 is 28.9 Å². The van der Waals surface area contributed by atoms with Crippen LogP contribution < -0.4 is 19.5 Å². The van der Waals surface area contributed by atoms with Gasteiger partial charge in [-0.15, -0.1) is 0 Å². The third-order valence-electron chi connectivity index (χ3n) is 4.09. The third kappa shape index (κ3) is 5.71. The molecule has 8 nitrogen and oxygen atoms in total. The van der Waals surface area contributed by atoms with Gasteiger partial charge in [0, 0.05) is 0 Å². The number of rotatable bonds is 9. The standard InChI is InChI=1S/C22H20N2O6/c25-21(26)12-23-22(27)18-11-19(29-14-16-7-3-1-4-8-16)20(13-24(18)28)30-15-17-9-5-2-6-10-17/h1-11,13H,12,14-15H2,(H,23,27)(H,25,26). The van der Waals surface area contributed by atoms with E-state index in [9.17, 15) is 14.8 Å². The van der Waals surface area contributed by atoms with Crippen molar-refractivity contribution in [1.29, 1.82) is 0 Å². The van der Waals surface area contributed by atoms with Crippen LogP contribution >= 0.6 is 0 Å². The number of ether oxygens (including phenoxy) is 2. The molecule has 1 heterocycles. The number of aromatic nitrogens is 1. The van der Waals surface area contributed by atoms with Crippen LogP contribution in [-0.2, 0) is 18.0 Å². The van der Waals surface area contributed by atoms with Gasteiger partial charge >= 0.3 is 11.9 Å². The number of carbonyl (C=O) groups excluding carboxylic acids is 1. The first kappa shape index (κ1) is 20.7. The molecule has 0 aliphatic heterocycles. The summed E-state index contributed by atoms with van der Waals surface area (Å²) in [6.07, 6.45) is 1.10. The van der Waals surface area contributed by atoms with Crippen molar-refractivity contribution in [2.45, 2.75) is 13.2 Å². The van der Waals surface area contributed by atoms with E-state index in [1.54, 1.807) is 0 Å². The van der Waals surface area contributed by atoms with Gasteiger partial charge in [-0.3, -0.25) is 9.59 Å². The summed E-state index contributed by atoms with van der Waals surface area (Å²) < 4.78 is 11.9. The van der Waals surface area contributed by atoms with Crippen LogP contribution in [0, 0.1) is 5.21 Å². The summed E-state index contributed by atoms with van der Waals surface area (Å²) in [4.78, 5) is 22.9. The molecule has 0 radical (unpaired) electrons. The van der Waals surface area contributed by atoms with Crippen LogP contribution in [0.15, 0.2) is 72.9 Å². The Morgan fingerprint density at radius 3 is 1.97 bits per heavy atom. The monoisotopic (exact) mass is 408 g/mol. The Balaban J connectivity index is 1.83. The van der Waals surface area contributed by atoms with Crippen molar-refractivity contribution in [2.24, 2.45) is 0 Å². The smallest absolute Gasteiger partial charge is 0.322 e. The molecule has 30 heavy (non-hydrogen) atoms. The maximum atomic E-state index is 12.3. The maximum Gasteiger partial charge on any atom is 0.322 e. The van der Waals surface area contributed by atoms with Crippen molar-refractivity contribution in [3.05, 3.63) is 95.0 Å². The van der Waals surface area contributed by atoms with E-state index in [1.807, 2.05) is 60.7 Å². The van der Waals surface area contributed by atoms with E-state index >= 15 is 0 Å². The molecule has 0 fully saturated rings. The summed E-state index contributed by atoms with van der Waals surface area (Å²) in [6.45, 7) is -0.208. The predicted molar refractivity (Wildman–Crippen MR) is 107 cm³/mol. The lowest BCUT2D eigenvalue weighted by molar-refractivity contribution is -0.608. The number of carbonyl (C=O) groups is 2. The highest BCUT2D eigenvalue weighted by molar-refractivity contribution is 5.93. The van der Waals surface area contributed by atoms with Crippen LogP contribution in [0.25, 0.3) is 0 Å². The summed E-state index contributed by atoms with van der Waals surface area (Å²) in [6, 6.07) is 20.0. The van der Waals surface area contributed by atoms with Crippen LogP contribution in [0.3, 0.4) is 0 Å². The molecule has 1 amide bonds. The third-order valence-corrected chi connectivity index (χ3v) is 4.09. The highest BCUT2D eigenvalue weighted by atomic mass is 16.5. The summed E-state index contributed by atoms with van der Waals surface area (Å²) in [7, 11) is 0. The molecule has 8 heteroatoms. The fraction of sp³-hybridized carbons (Fsp3) is 0.136. The molecular formula is C22H20N2O6. The van der Waals surface area contributed by atoms with Crippen LogP contribution in [0.1, 0.15) is 21.6 Å². The SMILES string of the molecule is O=C(O)CNC(=O)c1cc(OCc2ccccc2)c(OCc2ccccc2)c[n+]1[O-]. The molecule has 0 spiro atoms. The van der Waals surface area contributed by atoms with Crippen LogP contribution in [0.2, 0.25) is 0 Å². The predicted octanol–water partition coefficient (Wildman–Crippen LogP) is 2.29. The maximum absolute atomic E-state index is 12.3. The Morgan fingerprint density at radius 2 is 1.43 bits per heavy atom. The lowest BCUT2D eigenvalue weighted by Gasteiger charge is -2.14. The van der Waals surface area contributed by atoms with E-state index in [1.165, 1.54) is 6.07 Å². The van der Waals surface area contributed by atoms with Crippen molar-refractivity contribution in [1.82, 2.24) is 5.32 Å². The molecule has 0 unspecified atom stereocenters. The van der Waals surface area contributed by atoms with Gasteiger partial charge in [0.05, 0.1) is 6.07 Å². The molecule has 1 aromatic heterocycles. The van der Waals surface area contributed by atoms with E-state index in [0.717, 1.165) is 17.3 Å². The van der Waals surface area contributed by atoms with Gasteiger partial charge in [-0.25, -0.2) is 0 Å². The normalized spacial score (nSPS) is 10.3. The summed E-state index contributed by atoms with van der Waals surface area (Å²) >= 11 is 0. The van der Waals surface area contributed by atoms with Gasteiger partial charge in [0.25, 0.3) is 5.69 Å². The number of amides is 1. The second-order valence-electron chi connectivity index (χ2n) is 6.34. The molecule has 0 aliphatic carbocycles. The number of carboxylic acid groups (broad SMARTS) is 1. The Kier molecular flexibility index (Phi) is 6.83. The molecule has 0 aliphatic rings. The van der Waals surface area contributed by atoms with Crippen molar-refractivity contribution >= 4 is 11.9 Å². The van der Waals surface area contributed by atoms with Gasteiger partial charge in [-0.05, 0) is 11.1 Å². The van der Waals surface area contributed by atoms with Gasteiger partial charge in [0.15, 0.2) is 5.75 Å². The molecule has 3 rings (SSSR count). The Labute approximate surface area is 172 Å². The average molecular weight is 408 g/mol. The van der Waals surface area contributed by atoms with E-state index in [4.69, 9.17) is 14.6 Å². The largest absolute Gasteiger partial charge is 0.618 e. The van der Waals surface area contributed by atoms with Gasteiger partial charge in [-0.2, -0.15) is 4.73 Å². The van der Waals surface area contributed by atoms with Gasteiger partial charge < -0.3 is 25.1 Å². The first-order chi connectivity index (χ1) is 14.5. The minimum Gasteiger partial charge on any atom is -0.618 e. The molecule has 0 saturated heterocycles. The first-order valence-corrected chi connectivity index (χ1v) is 9.13. The summed E-state index contributed by atoms with van der Waals surface area (Å²) in [5.74, 6) is -1.68. The molecule has 3 aromatic rings.